The van der Waals surface area contributed by atoms with Gasteiger partial charge in [-0.05, 0) is 44.1 Å². The number of hydrogen-bond acceptors (Lipinski definition) is 5. The summed E-state index contributed by atoms with van der Waals surface area (Å²) >= 11 is 0. The largest absolute Gasteiger partial charge is 0.390 e. The van der Waals surface area contributed by atoms with Crippen molar-refractivity contribution in [1.29, 1.82) is 0 Å². The van der Waals surface area contributed by atoms with Gasteiger partial charge in [0, 0.05) is 19.3 Å². The molecule has 0 unspecified atom stereocenters. The molecule has 0 aliphatic carbocycles. The van der Waals surface area contributed by atoms with E-state index in [1.54, 1.807) is 12.3 Å². The molecule has 3 heterocycles. The Hall–Kier alpha value is -2.25. The Balaban J connectivity index is 1.48. The minimum absolute atomic E-state index is 0.229. The lowest BCUT2D eigenvalue weighted by molar-refractivity contribution is 0.0858. The molecule has 0 saturated carbocycles. The number of H-pyrrole nitrogens is 1. The zero-order valence-electron chi connectivity index (χ0n) is 14.3. The van der Waals surface area contributed by atoms with E-state index < -0.39 is 6.10 Å². The number of carbonyl (C=O) groups excluding carboxylic acids is 1. The topological polar surface area (TPSA) is 94.1 Å². The van der Waals surface area contributed by atoms with Gasteiger partial charge in [0.2, 0.25) is 0 Å². The lowest BCUT2D eigenvalue weighted by Gasteiger charge is -2.23. The molecule has 0 radical (unpaired) electrons. The Morgan fingerprint density at radius 3 is 2.76 bits per heavy atom. The molecule has 1 atom stereocenters. The molecular formula is C18H25N5O2. The molecule has 2 aromatic rings. The number of amides is 1. The summed E-state index contributed by atoms with van der Waals surface area (Å²) in [6, 6.07) is 7.20. The predicted molar refractivity (Wildman–Crippen MR) is 95.1 cm³/mol. The Morgan fingerprint density at radius 2 is 2.04 bits per heavy atom. The van der Waals surface area contributed by atoms with Crippen LogP contribution in [0.5, 0.6) is 0 Å². The van der Waals surface area contributed by atoms with Gasteiger partial charge in [0.05, 0.1) is 11.8 Å². The Morgan fingerprint density at radius 1 is 1.24 bits per heavy atom. The third kappa shape index (κ3) is 5.11. The van der Waals surface area contributed by atoms with Crippen molar-refractivity contribution in [2.24, 2.45) is 0 Å². The van der Waals surface area contributed by atoms with Crippen LogP contribution in [-0.4, -0.2) is 63.4 Å². The molecule has 0 bridgehead atoms. The number of aliphatic hydroxyl groups is 1. The fraction of sp³-hybridized carbons (Fsp3) is 0.500. The van der Waals surface area contributed by atoms with Crippen LogP contribution in [0.2, 0.25) is 0 Å². The summed E-state index contributed by atoms with van der Waals surface area (Å²) in [7, 11) is 0. The molecule has 1 saturated heterocycles. The van der Waals surface area contributed by atoms with Crippen molar-refractivity contribution >= 4 is 5.91 Å². The number of likely N-dealkylation sites (tertiary alicyclic amines) is 1. The normalized spacial score (nSPS) is 17.0. The number of nitrogens with zero attached hydrogens (tertiary/aromatic N) is 3. The molecule has 7 nitrogen and oxygen atoms in total. The number of β-amino-alcohol motifs (C(OH)–C–C–N with tert-alkyl or cyclic N) is 1. The minimum Gasteiger partial charge on any atom is -0.390 e. The van der Waals surface area contributed by atoms with Crippen molar-refractivity contribution in [2.75, 3.05) is 26.2 Å². The van der Waals surface area contributed by atoms with Gasteiger partial charge in [-0.25, -0.2) is 0 Å². The Bertz CT molecular complexity index is 665. The number of pyridine rings is 1. The summed E-state index contributed by atoms with van der Waals surface area (Å²) in [5, 5.41) is 19.8. The molecule has 134 valence electrons. The van der Waals surface area contributed by atoms with Gasteiger partial charge >= 0.3 is 0 Å². The maximum Gasteiger partial charge on any atom is 0.269 e. The molecule has 25 heavy (non-hydrogen) atoms. The van der Waals surface area contributed by atoms with E-state index in [9.17, 15) is 9.90 Å². The highest BCUT2D eigenvalue weighted by atomic mass is 16.3. The van der Waals surface area contributed by atoms with E-state index in [2.05, 4.69) is 25.4 Å². The number of nitrogens with one attached hydrogen (secondary N) is 2. The smallest absolute Gasteiger partial charge is 0.269 e. The zero-order chi connectivity index (χ0) is 17.5. The molecule has 7 heteroatoms. The quantitative estimate of drug-likeness (QED) is 0.738. The summed E-state index contributed by atoms with van der Waals surface area (Å²) in [4.78, 5) is 18.7. The first-order valence-electron chi connectivity index (χ1n) is 8.88. The Kier molecular flexibility index (Phi) is 6.14. The highest BCUT2D eigenvalue weighted by Crippen LogP contribution is 2.14. The van der Waals surface area contributed by atoms with Crippen molar-refractivity contribution in [3.8, 4) is 11.4 Å². The number of aliphatic hydroxyl groups excluding tert-OH is 1. The molecule has 0 aromatic carbocycles. The molecule has 3 rings (SSSR count). The van der Waals surface area contributed by atoms with E-state index in [0.29, 0.717) is 23.6 Å². The summed E-state index contributed by atoms with van der Waals surface area (Å²) in [6.45, 7) is 2.88. The van der Waals surface area contributed by atoms with Crippen molar-refractivity contribution in [1.82, 2.24) is 25.4 Å². The molecule has 1 aliphatic heterocycles. The summed E-state index contributed by atoms with van der Waals surface area (Å²) in [5.41, 5.74) is 1.69. The van der Waals surface area contributed by atoms with E-state index in [1.165, 1.54) is 25.7 Å². The number of hydrogen-bond donors (Lipinski definition) is 3. The van der Waals surface area contributed by atoms with E-state index in [4.69, 9.17) is 0 Å². The predicted octanol–water partition coefficient (Wildman–Crippen LogP) is 1.44. The highest BCUT2D eigenvalue weighted by molar-refractivity contribution is 5.93. The van der Waals surface area contributed by atoms with Crippen LogP contribution in [0.4, 0.5) is 0 Å². The van der Waals surface area contributed by atoms with Gasteiger partial charge in [0.25, 0.3) is 5.91 Å². The van der Waals surface area contributed by atoms with Crippen LogP contribution in [0, 0.1) is 0 Å². The van der Waals surface area contributed by atoms with E-state index in [0.717, 1.165) is 13.1 Å². The van der Waals surface area contributed by atoms with Crippen LogP contribution in [0.15, 0.2) is 30.5 Å². The molecule has 0 spiro atoms. The summed E-state index contributed by atoms with van der Waals surface area (Å²) in [5.74, 6) is -0.274. The second kappa shape index (κ2) is 8.73. The fourth-order valence-corrected chi connectivity index (χ4v) is 3.07. The lowest BCUT2D eigenvalue weighted by Crippen LogP contribution is -2.40. The van der Waals surface area contributed by atoms with Gasteiger partial charge < -0.3 is 15.3 Å². The van der Waals surface area contributed by atoms with Crippen LogP contribution in [-0.2, 0) is 0 Å². The number of aromatic amines is 1. The van der Waals surface area contributed by atoms with Crippen molar-refractivity contribution in [2.45, 2.75) is 31.8 Å². The fourth-order valence-electron chi connectivity index (χ4n) is 3.07. The van der Waals surface area contributed by atoms with Gasteiger partial charge in [-0.15, -0.1) is 0 Å². The monoisotopic (exact) mass is 343 g/mol. The van der Waals surface area contributed by atoms with E-state index in [-0.39, 0.29) is 12.5 Å². The van der Waals surface area contributed by atoms with E-state index in [1.807, 2.05) is 18.2 Å². The third-order valence-electron chi connectivity index (χ3n) is 4.42. The average Bonchev–Trinajstić information content (AvgIpc) is 3.00. The zero-order valence-corrected chi connectivity index (χ0v) is 14.3. The van der Waals surface area contributed by atoms with Crippen molar-refractivity contribution in [3.63, 3.8) is 0 Å². The maximum atomic E-state index is 12.2. The first-order valence-corrected chi connectivity index (χ1v) is 8.88. The summed E-state index contributed by atoms with van der Waals surface area (Å²) < 4.78 is 0. The van der Waals surface area contributed by atoms with Crippen LogP contribution in [0.3, 0.4) is 0 Å². The first kappa shape index (κ1) is 17.6. The third-order valence-corrected chi connectivity index (χ3v) is 4.42. The van der Waals surface area contributed by atoms with E-state index >= 15 is 0 Å². The molecular weight excluding hydrogens is 318 g/mol. The molecule has 1 amide bonds. The highest BCUT2D eigenvalue weighted by Gasteiger charge is 2.16. The van der Waals surface area contributed by atoms with Crippen LogP contribution < -0.4 is 5.32 Å². The van der Waals surface area contributed by atoms with Crippen LogP contribution in [0.1, 0.15) is 36.2 Å². The van der Waals surface area contributed by atoms with Gasteiger partial charge in [0.15, 0.2) is 0 Å². The molecule has 1 aliphatic rings. The SMILES string of the molecule is O=C(NC[C@H](O)CN1CCCCCC1)c1cc(-c2ccccn2)n[nH]1. The lowest BCUT2D eigenvalue weighted by atomic mass is 10.2. The summed E-state index contributed by atoms with van der Waals surface area (Å²) in [6.07, 6.45) is 6.01. The Labute approximate surface area is 147 Å². The molecule has 3 N–H and O–H groups in total. The molecule has 1 fully saturated rings. The number of carbonyl (C=O) groups is 1. The average molecular weight is 343 g/mol. The number of rotatable bonds is 6. The molecule has 2 aromatic heterocycles. The van der Waals surface area contributed by atoms with Gasteiger partial charge in [-0.2, -0.15) is 5.10 Å². The van der Waals surface area contributed by atoms with Gasteiger partial charge in [0.1, 0.15) is 11.4 Å². The number of aromatic nitrogens is 3. The maximum absolute atomic E-state index is 12.2. The standard InChI is InChI=1S/C18H25N5O2/c24-14(13-23-9-5-1-2-6-10-23)12-20-18(25)17-11-16(21-22-17)15-7-3-4-8-19-15/h3-4,7-8,11,14,24H,1-2,5-6,9-10,12-13H2,(H,20,25)(H,21,22)/t14-/m0/s1. The first-order chi connectivity index (χ1) is 12.2. The van der Waals surface area contributed by atoms with Crippen molar-refractivity contribution in [3.05, 3.63) is 36.2 Å². The van der Waals surface area contributed by atoms with Crippen LogP contribution in [0.25, 0.3) is 11.4 Å². The second-order valence-electron chi connectivity index (χ2n) is 6.46. The van der Waals surface area contributed by atoms with Crippen molar-refractivity contribution < 1.29 is 9.90 Å². The second-order valence-corrected chi connectivity index (χ2v) is 6.46. The van der Waals surface area contributed by atoms with Gasteiger partial charge in [-0.3, -0.25) is 14.9 Å². The van der Waals surface area contributed by atoms with Crippen LogP contribution >= 0.6 is 0 Å². The minimum atomic E-state index is -0.569. The van der Waals surface area contributed by atoms with Gasteiger partial charge in [-0.1, -0.05) is 18.9 Å².